The Morgan fingerprint density at radius 2 is 1.96 bits per heavy atom. The van der Waals surface area contributed by atoms with Crippen molar-refractivity contribution in [3.8, 4) is 5.88 Å². The molecule has 6 nitrogen and oxygen atoms in total. The number of halogens is 2. The maximum atomic E-state index is 6.26. The van der Waals surface area contributed by atoms with Gasteiger partial charge in [-0.3, -0.25) is 0 Å². The Bertz CT molecular complexity index is 1050. The molecule has 1 N–H and O–H groups in total. The Labute approximate surface area is 172 Å². The van der Waals surface area contributed by atoms with Crippen molar-refractivity contribution < 1.29 is 4.74 Å². The van der Waals surface area contributed by atoms with E-state index in [0.717, 1.165) is 24.2 Å². The molecule has 142 valence electrons. The second-order valence-electron chi connectivity index (χ2n) is 6.32. The fourth-order valence-corrected chi connectivity index (χ4v) is 3.38. The zero-order valence-corrected chi connectivity index (χ0v) is 16.4. The van der Waals surface area contributed by atoms with Crippen molar-refractivity contribution in [3.63, 3.8) is 0 Å². The highest BCUT2D eigenvalue weighted by Crippen LogP contribution is 2.34. The van der Waals surface area contributed by atoms with E-state index in [0.29, 0.717) is 32.9 Å². The number of anilines is 2. The summed E-state index contributed by atoms with van der Waals surface area (Å²) in [5.41, 5.74) is 2.16. The summed E-state index contributed by atoms with van der Waals surface area (Å²) < 4.78 is 5.97. The minimum Gasteiger partial charge on any atom is -0.471 e. The van der Waals surface area contributed by atoms with Gasteiger partial charge in [0.1, 0.15) is 18.2 Å². The van der Waals surface area contributed by atoms with Crippen LogP contribution in [0.4, 0.5) is 11.5 Å². The number of ether oxygens (including phenoxy) is 1. The van der Waals surface area contributed by atoms with Crippen LogP contribution in [0.25, 0.3) is 10.9 Å². The van der Waals surface area contributed by atoms with Crippen LogP contribution in [0.15, 0.2) is 61.7 Å². The van der Waals surface area contributed by atoms with Gasteiger partial charge in [0.2, 0.25) is 5.88 Å². The Kier molecular flexibility index (Phi) is 5.07. The highest BCUT2D eigenvalue weighted by molar-refractivity contribution is 6.39. The molecule has 0 spiro atoms. The third-order valence-corrected chi connectivity index (χ3v) is 5.11. The van der Waals surface area contributed by atoms with Gasteiger partial charge in [-0.25, -0.2) is 15.0 Å². The van der Waals surface area contributed by atoms with Crippen molar-refractivity contribution in [2.75, 3.05) is 18.4 Å². The van der Waals surface area contributed by atoms with E-state index in [4.69, 9.17) is 27.9 Å². The normalized spacial score (nSPS) is 13.9. The number of nitrogens with one attached hydrogen (secondary N) is 1. The number of aromatic nitrogens is 3. The fraction of sp³-hybridized carbons (Fsp3) is 0.150. The van der Waals surface area contributed by atoms with Crippen LogP contribution in [0.2, 0.25) is 10.0 Å². The summed E-state index contributed by atoms with van der Waals surface area (Å²) in [5.74, 6) is 1.08. The number of rotatable bonds is 6. The predicted octanol–water partition coefficient (Wildman–Crippen LogP) is 4.84. The van der Waals surface area contributed by atoms with Gasteiger partial charge < -0.3 is 15.0 Å². The topological polar surface area (TPSA) is 63.2 Å². The molecule has 3 heterocycles. The monoisotopic (exact) mass is 413 g/mol. The summed E-state index contributed by atoms with van der Waals surface area (Å²) in [6, 6.07) is 7.11. The summed E-state index contributed by atoms with van der Waals surface area (Å²) in [6.07, 6.45) is 4.90. The van der Waals surface area contributed by atoms with E-state index in [-0.39, 0.29) is 6.10 Å². The molecule has 0 atom stereocenters. The van der Waals surface area contributed by atoms with Crippen LogP contribution in [-0.2, 0) is 0 Å². The molecule has 0 radical (unpaired) electrons. The Morgan fingerprint density at radius 1 is 1.21 bits per heavy atom. The van der Waals surface area contributed by atoms with Crippen LogP contribution in [0, 0.1) is 0 Å². The fourth-order valence-electron chi connectivity index (χ4n) is 2.89. The number of fused-ring (bicyclic) bond motifs is 1. The molecular weight excluding hydrogens is 397 g/mol. The van der Waals surface area contributed by atoms with E-state index in [1.165, 1.54) is 6.33 Å². The van der Waals surface area contributed by atoms with Gasteiger partial charge in [-0.05, 0) is 18.2 Å². The smallest absolute Gasteiger partial charge is 0.214 e. The van der Waals surface area contributed by atoms with Crippen LogP contribution in [0.1, 0.15) is 0 Å². The first-order chi connectivity index (χ1) is 13.5. The first-order valence-corrected chi connectivity index (χ1v) is 9.35. The Balaban J connectivity index is 1.58. The SMILES string of the molecule is C=CC(=C)N1CC(Oc2cc3c(Nc4c(Cl)cccc4Cl)ncnc3cn2)C1. The first-order valence-electron chi connectivity index (χ1n) is 8.60. The molecule has 0 unspecified atom stereocenters. The molecule has 3 aromatic rings. The molecule has 8 heteroatoms. The lowest BCUT2D eigenvalue weighted by Gasteiger charge is -2.40. The molecule has 28 heavy (non-hydrogen) atoms. The molecule has 0 bridgehead atoms. The van der Waals surface area contributed by atoms with Crippen LogP contribution < -0.4 is 10.1 Å². The summed E-state index contributed by atoms with van der Waals surface area (Å²) in [5, 5.41) is 4.96. The first kappa shape index (κ1) is 18.5. The van der Waals surface area contributed by atoms with Crippen molar-refractivity contribution in [3.05, 3.63) is 71.8 Å². The zero-order chi connectivity index (χ0) is 19.7. The largest absolute Gasteiger partial charge is 0.471 e. The summed E-state index contributed by atoms with van der Waals surface area (Å²) in [4.78, 5) is 15.0. The van der Waals surface area contributed by atoms with Crippen LogP contribution >= 0.6 is 23.2 Å². The number of likely N-dealkylation sites (tertiary alicyclic amines) is 1. The van der Waals surface area contributed by atoms with Crippen molar-refractivity contribution in [1.29, 1.82) is 0 Å². The van der Waals surface area contributed by atoms with Crippen LogP contribution in [0.5, 0.6) is 5.88 Å². The number of benzene rings is 1. The Hall–Kier alpha value is -2.83. The summed E-state index contributed by atoms with van der Waals surface area (Å²) >= 11 is 12.5. The number of pyridine rings is 1. The average molecular weight is 414 g/mol. The van der Waals surface area contributed by atoms with Gasteiger partial charge >= 0.3 is 0 Å². The number of nitrogens with zero attached hydrogens (tertiary/aromatic N) is 4. The molecule has 0 aliphatic carbocycles. The van der Waals surface area contributed by atoms with Gasteiger partial charge in [-0.1, -0.05) is 42.4 Å². The molecule has 1 aromatic carbocycles. The van der Waals surface area contributed by atoms with Gasteiger partial charge in [0.25, 0.3) is 0 Å². The highest BCUT2D eigenvalue weighted by atomic mass is 35.5. The van der Waals surface area contributed by atoms with Gasteiger partial charge in [0, 0.05) is 17.1 Å². The molecule has 1 saturated heterocycles. The maximum Gasteiger partial charge on any atom is 0.214 e. The molecule has 0 saturated carbocycles. The quantitative estimate of drug-likeness (QED) is 0.583. The molecule has 4 rings (SSSR count). The highest BCUT2D eigenvalue weighted by Gasteiger charge is 2.28. The molecule has 1 fully saturated rings. The minimum absolute atomic E-state index is 0.0423. The zero-order valence-electron chi connectivity index (χ0n) is 14.9. The third-order valence-electron chi connectivity index (χ3n) is 4.48. The van der Waals surface area contributed by atoms with Gasteiger partial charge in [0.15, 0.2) is 0 Å². The van der Waals surface area contributed by atoms with Gasteiger partial charge in [-0.15, -0.1) is 0 Å². The minimum atomic E-state index is 0.0423. The molecule has 1 aliphatic rings. The van der Waals surface area contributed by atoms with E-state index in [2.05, 4.69) is 38.3 Å². The lowest BCUT2D eigenvalue weighted by Crippen LogP contribution is -2.52. The average Bonchev–Trinajstić information content (AvgIpc) is 2.67. The summed E-state index contributed by atoms with van der Waals surface area (Å²) in [6.45, 7) is 9.16. The lowest BCUT2D eigenvalue weighted by atomic mass is 10.1. The van der Waals surface area contributed by atoms with E-state index in [1.807, 2.05) is 6.07 Å². The third kappa shape index (κ3) is 3.61. The van der Waals surface area contributed by atoms with Gasteiger partial charge in [-0.2, -0.15) is 0 Å². The van der Waals surface area contributed by atoms with E-state index < -0.39 is 0 Å². The van der Waals surface area contributed by atoms with Crippen molar-refractivity contribution in [2.24, 2.45) is 0 Å². The second-order valence-corrected chi connectivity index (χ2v) is 7.14. The molecule has 1 aliphatic heterocycles. The van der Waals surface area contributed by atoms with Crippen molar-refractivity contribution in [2.45, 2.75) is 6.10 Å². The number of para-hydroxylation sites is 1. The van der Waals surface area contributed by atoms with Crippen LogP contribution in [-0.4, -0.2) is 39.0 Å². The standard InChI is InChI=1S/C20H17Cl2N5O/c1-3-12(2)27-9-13(10-27)28-18-7-14-17(8-23-18)24-11-25-20(14)26-19-15(21)5-4-6-16(19)22/h3-8,11,13H,1-2,9-10H2,(H,24,25,26). The number of hydrogen-bond donors (Lipinski definition) is 1. The van der Waals surface area contributed by atoms with Crippen LogP contribution in [0.3, 0.4) is 0 Å². The predicted molar refractivity (Wildman–Crippen MR) is 112 cm³/mol. The lowest BCUT2D eigenvalue weighted by molar-refractivity contribution is 0.0439. The summed E-state index contributed by atoms with van der Waals surface area (Å²) in [7, 11) is 0. The van der Waals surface area contributed by atoms with Crippen molar-refractivity contribution in [1.82, 2.24) is 19.9 Å². The van der Waals surface area contributed by atoms with E-state index >= 15 is 0 Å². The Morgan fingerprint density at radius 3 is 2.68 bits per heavy atom. The molecule has 2 aromatic heterocycles. The molecular formula is C20H17Cl2N5O. The van der Waals surface area contributed by atoms with Crippen molar-refractivity contribution >= 4 is 45.6 Å². The number of allylic oxidation sites excluding steroid dienone is 1. The van der Waals surface area contributed by atoms with E-state index in [9.17, 15) is 0 Å². The van der Waals surface area contributed by atoms with E-state index in [1.54, 1.807) is 30.5 Å². The maximum absolute atomic E-state index is 6.26. The van der Waals surface area contributed by atoms with Gasteiger partial charge in [0.05, 0.1) is 40.5 Å². The molecule has 0 amide bonds. The number of hydrogen-bond acceptors (Lipinski definition) is 6. The second kappa shape index (κ2) is 7.66.